The summed E-state index contributed by atoms with van der Waals surface area (Å²) in [5, 5.41) is 3.35. The number of halogens is 1. The normalized spacial score (nSPS) is 12.5. The third-order valence-corrected chi connectivity index (χ3v) is 5.58. The van der Waals surface area contributed by atoms with Gasteiger partial charge in [0.15, 0.2) is 0 Å². The Morgan fingerprint density at radius 1 is 1.15 bits per heavy atom. The predicted molar refractivity (Wildman–Crippen MR) is 106 cm³/mol. The molecule has 7 heteroatoms. The summed E-state index contributed by atoms with van der Waals surface area (Å²) < 4.78 is 25.9. The van der Waals surface area contributed by atoms with Crippen LogP contribution in [0.3, 0.4) is 0 Å². The van der Waals surface area contributed by atoms with Crippen LogP contribution in [0, 0.1) is 6.92 Å². The van der Waals surface area contributed by atoms with Crippen molar-refractivity contribution in [3.05, 3.63) is 64.7 Å². The largest absolute Gasteiger partial charge is 0.350 e. The molecule has 0 saturated carbocycles. The highest BCUT2D eigenvalue weighted by Crippen LogP contribution is 2.23. The summed E-state index contributed by atoms with van der Waals surface area (Å²) in [6, 6.07) is 13.4. The van der Waals surface area contributed by atoms with E-state index in [9.17, 15) is 13.2 Å². The summed E-state index contributed by atoms with van der Waals surface area (Å²) in [4.78, 5) is 12.7. The second kappa shape index (κ2) is 8.56. The summed E-state index contributed by atoms with van der Waals surface area (Å²) in [6.45, 7) is 3.94. The fourth-order valence-corrected chi connectivity index (χ4v) is 4.11. The molecule has 0 saturated heterocycles. The SMILES string of the molecule is CC[C@@H](C(=O)NCc1ccccc1Cl)N(c1ccc(C)cc1)S(C)(=O)=O. The Kier molecular flexibility index (Phi) is 6.67. The highest BCUT2D eigenvalue weighted by Gasteiger charge is 2.31. The molecule has 2 rings (SSSR count). The molecule has 0 spiro atoms. The number of amides is 1. The zero-order valence-corrected chi connectivity index (χ0v) is 16.6. The number of carbonyl (C=O) groups excluding carboxylic acids is 1. The fourth-order valence-electron chi connectivity index (χ4n) is 2.69. The lowest BCUT2D eigenvalue weighted by molar-refractivity contribution is -0.122. The first-order valence-corrected chi connectivity index (χ1v) is 10.5. The van der Waals surface area contributed by atoms with Gasteiger partial charge in [-0.25, -0.2) is 8.42 Å². The van der Waals surface area contributed by atoms with E-state index in [-0.39, 0.29) is 12.5 Å². The molecule has 0 aliphatic rings. The number of rotatable bonds is 7. The topological polar surface area (TPSA) is 66.5 Å². The summed E-state index contributed by atoms with van der Waals surface area (Å²) >= 11 is 6.11. The monoisotopic (exact) mass is 394 g/mol. The van der Waals surface area contributed by atoms with Gasteiger partial charge < -0.3 is 5.32 Å². The molecule has 0 unspecified atom stereocenters. The highest BCUT2D eigenvalue weighted by atomic mass is 35.5. The van der Waals surface area contributed by atoms with E-state index in [0.717, 1.165) is 17.4 Å². The van der Waals surface area contributed by atoms with Crippen LogP contribution in [0.1, 0.15) is 24.5 Å². The van der Waals surface area contributed by atoms with E-state index in [2.05, 4.69) is 5.32 Å². The van der Waals surface area contributed by atoms with Gasteiger partial charge in [0.1, 0.15) is 6.04 Å². The number of anilines is 1. The lowest BCUT2D eigenvalue weighted by atomic mass is 10.1. The van der Waals surface area contributed by atoms with Crippen LogP contribution < -0.4 is 9.62 Å². The Balaban J connectivity index is 2.25. The summed E-state index contributed by atoms with van der Waals surface area (Å²) in [5.74, 6) is -0.363. The minimum absolute atomic E-state index is 0.237. The van der Waals surface area contributed by atoms with E-state index in [1.807, 2.05) is 37.3 Å². The molecule has 0 heterocycles. The highest BCUT2D eigenvalue weighted by molar-refractivity contribution is 7.92. The molecule has 0 aliphatic carbocycles. The van der Waals surface area contributed by atoms with Crippen LogP contribution in [-0.2, 0) is 21.4 Å². The summed E-state index contributed by atoms with van der Waals surface area (Å²) in [5.41, 5.74) is 2.26. The van der Waals surface area contributed by atoms with Crippen molar-refractivity contribution in [3.8, 4) is 0 Å². The van der Waals surface area contributed by atoms with E-state index in [0.29, 0.717) is 17.1 Å². The Bertz CT molecular complexity index is 867. The van der Waals surface area contributed by atoms with Crippen molar-refractivity contribution in [1.82, 2.24) is 5.32 Å². The molecule has 0 aromatic heterocycles. The maximum atomic E-state index is 12.7. The Morgan fingerprint density at radius 2 is 1.77 bits per heavy atom. The van der Waals surface area contributed by atoms with E-state index >= 15 is 0 Å². The lowest BCUT2D eigenvalue weighted by Gasteiger charge is -2.30. The number of nitrogens with one attached hydrogen (secondary N) is 1. The molecule has 2 aromatic rings. The van der Waals surface area contributed by atoms with Gasteiger partial charge in [0.2, 0.25) is 15.9 Å². The fraction of sp³-hybridized carbons (Fsp3) is 0.316. The maximum absolute atomic E-state index is 12.7. The minimum atomic E-state index is -3.63. The first-order valence-electron chi connectivity index (χ1n) is 8.31. The van der Waals surface area contributed by atoms with E-state index in [1.54, 1.807) is 25.1 Å². The first kappa shape index (κ1) is 20.3. The molecule has 0 bridgehead atoms. The molecule has 26 heavy (non-hydrogen) atoms. The molecule has 1 N–H and O–H groups in total. The van der Waals surface area contributed by atoms with Crippen molar-refractivity contribution in [1.29, 1.82) is 0 Å². The number of nitrogens with zero attached hydrogens (tertiary/aromatic N) is 1. The third-order valence-electron chi connectivity index (χ3n) is 4.03. The number of carbonyl (C=O) groups is 1. The second-order valence-electron chi connectivity index (χ2n) is 6.13. The Morgan fingerprint density at radius 3 is 2.31 bits per heavy atom. The van der Waals surface area contributed by atoms with E-state index in [4.69, 9.17) is 11.6 Å². The standard InChI is InChI=1S/C19H23ClN2O3S/c1-4-18(19(23)21-13-15-7-5-6-8-17(15)20)22(26(3,24)25)16-11-9-14(2)10-12-16/h5-12,18H,4,13H2,1-3H3,(H,21,23)/t18-/m0/s1. The molecule has 2 aromatic carbocycles. The third kappa shape index (κ3) is 4.99. The number of hydrogen-bond donors (Lipinski definition) is 1. The van der Waals surface area contributed by atoms with Gasteiger partial charge in [0.05, 0.1) is 11.9 Å². The molecule has 140 valence electrons. The summed E-state index contributed by atoms with van der Waals surface area (Å²) in [7, 11) is -3.63. The smallest absolute Gasteiger partial charge is 0.244 e. The molecule has 1 atom stereocenters. The lowest BCUT2D eigenvalue weighted by Crippen LogP contribution is -2.49. The van der Waals surface area contributed by atoms with Gasteiger partial charge in [0, 0.05) is 11.6 Å². The van der Waals surface area contributed by atoms with Gasteiger partial charge >= 0.3 is 0 Å². The molecular weight excluding hydrogens is 372 g/mol. The minimum Gasteiger partial charge on any atom is -0.350 e. The van der Waals surface area contributed by atoms with Crippen molar-refractivity contribution < 1.29 is 13.2 Å². The molecule has 0 aliphatic heterocycles. The van der Waals surface area contributed by atoms with E-state index < -0.39 is 16.1 Å². The van der Waals surface area contributed by atoms with Gasteiger partial charge in [-0.05, 0) is 37.1 Å². The quantitative estimate of drug-likeness (QED) is 0.781. The average Bonchev–Trinajstić information content (AvgIpc) is 2.58. The van der Waals surface area contributed by atoms with Crippen LogP contribution >= 0.6 is 11.6 Å². The van der Waals surface area contributed by atoms with Crippen molar-refractivity contribution in [2.75, 3.05) is 10.6 Å². The Hall–Kier alpha value is -2.05. The van der Waals surface area contributed by atoms with Crippen LogP contribution in [-0.4, -0.2) is 26.6 Å². The van der Waals surface area contributed by atoms with Crippen LogP contribution in [0.25, 0.3) is 0 Å². The number of benzene rings is 2. The first-order chi connectivity index (χ1) is 12.2. The molecular formula is C19H23ClN2O3S. The van der Waals surface area contributed by atoms with Gasteiger partial charge in [-0.1, -0.05) is 54.4 Å². The van der Waals surface area contributed by atoms with Crippen molar-refractivity contribution in [2.24, 2.45) is 0 Å². The van der Waals surface area contributed by atoms with Crippen molar-refractivity contribution in [3.63, 3.8) is 0 Å². The van der Waals surface area contributed by atoms with Crippen LogP contribution in [0.5, 0.6) is 0 Å². The Labute approximate surface area is 160 Å². The number of aryl methyl sites for hydroxylation is 1. The summed E-state index contributed by atoms with van der Waals surface area (Å²) in [6.07, 6.45) is 1.45. The van der Waals surface area contributed by atoms with Gasteiger partial charge in [-0.2, -0.15) is 0 Å². The number of sulfonamides is 1. The maximum Gasteiger partial charge on any atom is 0.244 e. The predicted octanol–water partition coefficient (Wildman–Crippen LogP) is 3.51. The zero-order chi connectivity index (χ0) is 19.3. The van der Waals surface area contributed by atoms with E-state index in [1.165, 1.54) is 4.31 Å². The number of hydrogen-bond acceptors (Lipinski definition) is 3. The zero-order valence-electron chi connectivity index (χ0n) is 15.1. The molecule has 0 radical (unpaired) electrons. The van der Waals surface area contributed by atoms with Crippen molar-refractivity contribution >= 4 is 33.2 Å². The average molecular weight is 395 g/mol. The van der Waals surface area contributed by atoms with Gasteiger partial charge in [-0.3, -0.25) is 9.10 Å². The molecule has 0 fully saturated rings. The molecule has 1 amide bonds. The second-order valence-corrected chi connectivity index (χ2v) is 8.39. The van der Waals surface area contributed by atoms with Gasteiger partial charge in [-0.15, -0.1) is 0 Å². The van der Waals surface area contributed by atoms with Crippen LogP contribution in [0.15, 0.2) is 48.5 Å². The van der Waals surface area contributed by atoms with Crippen LogP contribution in [0.2, 0.25) is 5.02 Å². The molecule has 5 nitrogen and oxygen atoms in total. The van der Waals surface area contributed by atoms with Crippen LogP contribution in [0.4, 0.5) is 5.69 Å². The van der Waals surface area contributed by atoms with Gasteiger partial charge in [0.25, 0.3) is 0 Å². The van der Waals surface area contributed by atoms with Crippen molar-refractivity contribution in [2.45, 2.75) is 32.9 Å².